The van der Waals surface area contributed by atoms with Crippen molar-refractivity contribution in [2.45, 2.75) is 88.6 Å². The molecule has 4 aliphatic carbocycles. The zero-order valence-electron chi connectivity index (χ0n) is 16.9. The summed E-state index contributed by atoms with van der Waals surface area (Å²) in [4.78, 5) is 0. The van der Waals surface area contributed by atoms with Crippen molar-refractivity contribution in [3.63, 3.8) is 0 Å². The zero-order valence-corrected chi connectivity index (χ0v) is 16.9. The highest BCUT2D eigenvalue weighted by atomic mass is 16.5. The SMILES string of the molecule is COC[C@H](O)[C@]1(O)CC[C@]2(O)[C@@H]3CC=C4C[C@H](O)CC[C@@]4(C)[C@H]3CC[C@@]12C. The van der Waals surface area contributed by atoms with Gasteiger partial charge in [0.05, 0.1) is 18.3 Å². The maximum Gasteiger partial charge on any atom is 0.107 e. The molecule has 5 nitrogen and oxygen atoms in total. The Bertz CT molecular complexity index is 634. The monoisotopic (exact) mass is 380 g/mol. The van der Waals surface area contributed by atoms with Gasteiger partial charge in [-0.25, -0.2) is 0 Å². The van der Waals surface area contributed by atoms with Crippen molar-refractivity contribution >= 4 is 0 Å². The first kappa shape index (κ1) is 19.8. The largest absolute Gasteiger partial charge is 0.393 e. The molecule has 27 heavy (non-hydrogen) atoms. The van der Waals surface area contributed by atoms with E-state index in [0.717, 1.165) is 32.1 Å². The van der Waals surface area contributed by atoms with Gasteiger partial charge >= 0.3 is 0 Å². The maximum absolute atomic E-state index is 12.0. The van der Waals surface area contributed by atoms with E-state index >= 15 is 0 Å². The highest BCUT2D eigenvalue weighted by Crippen LogP contribution is 2.69. The van der Waals surface area contributed by atoms with E-state index in [9.17, 15) is 20.4 Å². The lowest BCUT2D eigenvalue weighted by Crippen LogP contribution is -2.66. The number of ether oxygens (including phenoxy) is 1. The molecule has 0 heterocycles. The molecule has 0 amide bonds. The van der Waals surface area contributed by atoms with E-state index in [1.54, 1.807) is 0 Å². The molecule has 3 fully saturated rings. The van der Waals surface area contributed by atoms with Gasteiger partial charge in [0.2, 0.25) is 0 Å². The van der Waals surface area contributed by atoms with Crippen LogP contribution in [0.15, 0.2) is 11.6 Å². The second-order valence-electron chi connectivity index (χ2n) is 10.2. The van der Waals surface area contributed by atoms with Crippen molar-refractivity contribution in [1.29, 1.82) is 0 Å². The fourth-order valence-corrected chi connectivity index (χ4v) is 7.49. The summed E-state index contributed by atoms with van der Waals surface area (Å²) in [6.45, 7) is 4.37. The molecule has 154 valence electrons. The second-order valence-corrected chi connectivity index (χ2v) is 10.2. The summed E-state index contributed by atoms with van der Waals surface area (Å²) in [7, 11) is 1.53. The van der Waals surface area contributed by atoms with Crippen LogP contribution >= 0.6 is 0 Å². The zero-order chi connectivity index (χ0) is 19.7. The van der Waals surface area contributed by atoms with E-state index in [-0.39, 0.29) is 24.0 Å². The smallest absolute Gasteiger partial charge is 0.107 e. The molecular weight excluding hydrogens is 344 g/mol. The molecular formula is C22H36O5. The standard InChI is InChI=1S/C22H36O5/c1-19-8-6-15(23)12-14(19)4-5-17-16(19)7-9-20(2)21(17,25)10-11-22(20,26)18(24)13-27-3/h4,15-18,23-26H,5-13H2,1-3H3/t15-,16+,17-,18+,19-,20-,21+,22-/m1/s1. The summed E-state index contributed by atoms with van der Waals surface area (Å²) in [5.41, 5.74) is -1.65. The number of methoxy groups -OCH3 is 1. The van der Waals surface area contributed by atoms with Crippen molar-refractivity contribution < 1.29 is 25.2 Å². The first-order valence-corrected chi connectivity index (χ1v) is 10.6. The molecule has 4 rings (SSSR count). The number of fused-ring (bicyclic) bond motifs is 5. The molecule has 5 heteroatoms. The van der Waals surface area contributed by atoms with Gasteiger partial charge in [0.25, 0.3) is 0 Å². The van der Waals surface area contributed by atoms with Crippen LogP contribution in [0.4, 0.5) is 0 Å². The average molecular weight is 381 g/mol. The first-order chi connectivity index (χ1) is 12.6. The molecule has 3 saturated carbocycles. The number of hydrogen-bond donors (Lipinski definition) is 4. The molecule has 0 aromatic carbocycles. The molecule has 0 radical (unpaired) electrons. The van der Waals surface area contributed by atoms with Crippen LogP contribution < -0.4 is 0 Å². The van der Waals surface area contributed by atoms with Crippen LogP contribution in [0.25, 0.3) is 0 Å². The van der Waals surface area contributed by atoms with Gasteiger partial charge in [-0.05, 0) is 68.6 Å². The van der Waals surface area contributed by atoms with Gasteiger partial charge in [-0.15, -0.1) is 0 Å². The van der Waals surface area contributed by atoms with Gasteiger partial charge in [0.15, 0.2) is 0 Å². The predicted octanol–water partition coefficient (Wildman–Crippen LogP) is 2.16. The van der Waals surface area contributed by atoms with E-state index < -0.39 is 22.7 Å². The van der Waals surface area contributed by atoms with Crippen molar-refractivity contribution in [2.24, 2.45) is 22.7 Å². The molecule has 0 aromatic heterocycles. The summed E-state index contributed by atoms with van der Waals surface area (Å²) in [5.74, 6) is 0.453. The topological polar surface area (TPSA) is 90.2 Å². The third-order valence-electron chi connectivity index (χ3n) is 9.35. The second kappa shape index (κ2) is 6.27. The fourth-order valence-electron chi connectivity index (χ4n) is 7.49. The highest BCUT2D eigenvalue weighted by molar-refractivity contribution is 5.30. The first-order valence-electron chi connectivity index (χ1n) is 10.6. The molecule has 0 bridgehead atoms. The summed E-state index contributed by atoms with van der Waals surface area (Å²) in [6, 6.07) is 0. The minimum Gasteiger partial charge on any atom is -0.393 e. The summed E-state index contributed by atoms with van der Waals surface area (Å²) < 4.78 is 5.12. The Labute approximate surface area is 162 Å². The van der Waals surface area contributed by atoms with E-state index in [1.165, 1.54) is 12.7 Å². The fraction of sp³-hybridized carbons (Fsp3) is 0.909. The van der Waals surface area contributed by atoms with Crippen molar-refractivity contribution in [1.82, 2.24) is 0 Å². The molecule has 0 aliphatic heterocycles. The van der Waals surface area contributed by atoms with Gasteiger partial charge in [-0.2, -0.15) is 0 Å². The minimum absolute atomic E-state index is 0.0328. The lowest BCUT2D eigenvalue weighted by Gasteiger charge is -2.62. The van der Waals surface area contributed by atoms with E-state index in [0.29, 0.717) is 25.2 Å². The van der Waals surface area contributed by atoms with Crippen LogP contribution in [0.5, 0.6) is 0 Å². The summed E-state index contributed by atoms with van der Waals surface area (Å²) in [6.07, 6.45) is 6.93. The van der Waals surface area contributed by atoms with Crippen molar-refractivity contribution in [2.75, 3.05) is 13.7 Å². The summed E-state index contributed by atoms with van der Waals surface area (Å²) >= 11 is 0. The number of aliphatic hydroxyl groups excluding tert-OH is 2. The molecule has 0 unspecified atom stereocenters. The number of hydrogen-bond acceptors (Lipinski definition) is 5. The van der Waals surface area contributed by atoms with Gasteiger partial charge in [-0.1, -0.05) is 25.5 Å². The number of allylic oxidation sites excluding steroid dienone is 1. The Morgan fingerprint density at radius 1 is 1.11 bits per heavy atom. The van der Waals surface area contributed by atoms with Crippen LogP contribution in [0.2, 0.25) is 0 Å². The summed E-state index contributed by atoms with van der Waals surface area (Å²) in [5, 5.41) is 44.3. The van der Waals surface area contributed by atoms with E-state index in [4.69, 9.17) is 4.74 Å². The molecule has 8 atom stereocenters. The molecule has 4 N–H and O–H groups in total. The average Bonchev–Trinajstić information content (AvgIpc) is 2.85. The lowest BCUT2D eigenvalue weighted by atomic mass is 9.45. The molecule has 0 spiro atoms. The highest BCUT2D eigenvalue weighted by Gasteiger charge is 2.72. The van der Waals surface area contributed by atoms with Gasteiger partial charge in [0, 0.05) is 12.5 Å². The quantitative estimate of drug-likeness (QED) is 0.564. The van der Waals surface area contributed by atoms with Gasteiger partial charge in [-0.3, -0.25) is 0 Å². The third kappa shape index (κ3) is 2.42. The molecule has 4 aliphatic rings. The Morgan fingerprint density at radius 2 is 1.85 bits per heavy atom. The van der Waals surface area contributed by atoms with Gasteiger partial charge < -0.3 is 25.2 Å². The van der Waals surface area contributed by atoms with E-state index in [1.807, 2.05) is 6.92 Å². The third-order valence-corrected chi connectivity index (χ3v) is 9.35. The van der Waals surface area contributed by atoms with Crippen LogP contribution in [-0.2, 0) is 4.74 Å². The lowest BCUT2D eigenvalue weighted by molar-refractivity contribution is -0.241. The van der Waals surface area contributed by atoms with Gasteiger partial charge in [0.1, 0.15) is 11.7 Å². The van der Waals surface area contributed by atoms with Crippen LogP contribution in [0, 0.1) is 22.7 Å². The predicted molar refractivity (Wildman–Crippen MR) is 102 cm³/mol. The van der Waals surface area contributed by atoms with Crippen LogP contribution in [0.3, 0.4) is 0 Å². The Hall–Kier alpha value is -0.460. The Morgan fingerprint density at radius 3 is 2.56 bits per heavy atom. The van der Waals surface area contributed by atoms with Crippen LogP contribution in [-0.4, -0.2) is 57.6 Å². The van der Waals surface area contributed by atoms with Crippen molar-refractivity contribution in [3.8, 4) is 0 Å². The van der Waals surface area contributed by atoms with E-state index in [2.05, 4.69) is 13.0 Å². The molecule has 0 aromatic rings. The Kier molecular flexibility index (Phi) is 4.60. The molecule has 0 saturated heterocycles. The van der Waals surface area contributed by atoms with Crippen LogP contribution in [0.1, 0.15) is 65.2 Å². The Balaban J connectivity index is 1.70. The maximum atomic E-state index is 12.0. The number of rotatable bonds is 3. The normalized spacial score (nSPS) is 53.1. The minimum atomic E-state index is -1.32. The number of aliphatic hydroxyl groups is 4. The van der Waals surface area contributed by atoms with Crippen molar-refractivity contribution in [3.05, 3.63) is 11.6 Å².